The molecule has 0 bridgehead atoms. The summed E-state index contributed by atoms with van der Waals surface area (Å²) in [6.45, 7) is 4.52. The maximum atomic E-state index is 13.0. The molecule has 0 aliphatic carbocycles. The van der Waals surface area contributed by atoms with Gasteiger partial charge in [-0.15, -0.1) is 37.3 Å². The molecule has 0 radical (unpaired) electrons. The number of hydrogen-bond donors (Lipinski definition) is 4. The van der Waals surface area contributed by atoms with Gasteiger partial charge < -0.3 is 25.1 Å². The van der Waals surface area contributed by atoms with E-state index in [-0.39, 0.29) is 109 Å². The zero-order valence-electron chi connectivity index (χ0n) is 49.4. The molecule has 5 aromatic rings. The molecule has 88 heavy (non-hydrogen) atoms. The summed E-state index contributed by atoms with van der Waals surface area (Å²) in [6.07, 6.45) is 42.9. The molecule has 2 aliphatic rings. The number of halogens is 3. The number of carbonyl (C=O) groups excluding carboxylic acids is 5. The summed E-state index contributed by atoms with van der Waals surface area (Å²) < 4.78 is 71.3. The van der Waals surface area contributed by atoms with Crippen molar-refractivity contribution in [1.29, 1.82) is 5.26 Å². The van der Waals surface area contributed by atoms with Crippen LogP contribution in [0.15, 0.2) is 67.8 Å². The SMILES string of the molecule is C.C#Cc1cn[nH]c1.C#Cc1cnn(CCCCO)c1.C#Cc1cnn(CCCCOS(C)(=O)=O)c1.C#Cc1cnn(CCCCOc2cccc3c2C(=O)N(C2CCC(=O)NC2=O)C3=O)c1.CC#N.CS(=O)(=O)Cl.O=CO[O-].OCCCCCl.[2H]CF.[K+]. The van der Waals surface area contributed by atoms with Crippen LogP contribution in [-0.4, -0.2) is 160 Å². The average Bonchev–Trinajstić information content (AvgIpc) is 3.12. The Hall–Kier alpha value is -6.77. The van der Waals surface area contributed by atoms with E-state index in [1.165, 1.54) is 13.0 Å². The first-order chi connectivity index (χ1) is 41.5. The Morgan fingerprint density at radius 3 is 1.60 bits per heavy atom. The zero-order valence-corrected chi connectivity index (χ0v) is 54.7. The van der Waals surface area contributed by atoms with Gasteiger partial charge in [0.1, 0.15) is 11.8 Å². The number of H-pyrrole nitrogens is 1. The summed E-state index contributed by atoms with van der Waals surface area (Å²) >= 11 is 5.27. The number of amides is 4. The second kappa shape index (κ2) is 53.3. The number of unbranched alkanes of at least 4 members (excludes halogenated alkanes) is 4. The predicted molar refractivity (Wildman–Crippen MR) is 321 cm³/mol. The maximum absolute atomic E-state index is 13.0. The monoisotopic (exact) mass is 1330 g/mol. The molecule has 7 rings (SSSR count). The molecular weight excluding hydrogens is 1260 g/mol. The number of benzene rings is 1. The second-order valence-electron chi connectivity index (χ2n) is 16.6. The number of nitriles is 1. The maximum Gasteiger partial charge on any atom is 1.00 e. The molecule has 4 amide bonds. The number of piperidine rings is 1. The Kier molecular flexibility index (Phi) is 51.7. The number of aryl methyl sites for hydroxylation is 3. The number of nitrogens with one attached hydrogen (secondary N) is 2. The van der Waals surface area contributed by atoms with Gasteiger partial charge in [0.15, 0.2) is 0 Å². The number of hydrogen-bond acceptors (Lipinski definition) is 20. The van der Waals surface area contributed by atoms with Crippen LogP contribution in [0.5, 0.6) is 5.75 Å². The number of carbonyl (C=O) groups is 5. The number of ether oxygens (including phenoxy) is 1. The van der Waals surface area contributed by atoms with Crippen molar-refractivity contribution in [2.24, 2.45) is 0 Å². The predicted octanol–water partition coefficient (Wildman–Crippen LogP) is 1.15. The van der Waals surface area contributed by atoms with Crippen molar-refractivity contribution in [2.45, 2.75) is 104 Å². The van der Waals surface area contributed by atoms with Crippen molar-refractivity contribution in [3.05, 3.63) is 101 Å². The first-order valence-electron chi connectivity index (χ1n) is 26.0. The summed E-state index contributed by atoms with van der Waals surface area (Å²) in [4.78, 5) is 61.5. The number of rotatable bonds is 21. The van der Waals surface area contributed by atoms with Crippen LogP contribution in [0.1, 0.15) is 123 Å². The van der Waals surface area contributed by atoms with Crippen LogP contribution in [0.3, 0.4) is 0 Å². The molecule has 26 nitrogen and oxygen atoms in total. The fourth-order valence-electron chi connectivity index (χ4n) is 6.35. The number of aromatic nitrogens is 8. The van der Waals surface area contributed by atoms with Crippen molar-refractivity contribution in [1.82, 2.24) is 49.8 Å². The minimum absolute atomic E-state index is 0. The largest absolute Gasteiger partial charge is 1.00 e. The number of fused-ring (bicyclic) bond motifs is 1. The van der Waals surface area contributed by atoms with Gasteiger partial charge in [-0.05, 0) is 69.9 Å². The van der Waals surface area contributed by atoms with Gasteiger partial charge in [0.25, 0.3) is 28.4 Å². The van der Waals surface area contributed by atoms with Gasteiger partial charge >= 0.3 is 51.4 Å². The number of terminal acetylenes is 4. The smallest absolute Gasteiger partial charge is 0.662 e. The Bertz CT molecular complexity index is 3250. The van der Waals surface area contributed by atoms with E-state index in [2.05, 4.69) is 74.2 Å². The van der Waals surface area contributed by atoms with E-state index in [0.717, 1.165) is 84.7 Å². The first-order valence-corrected chi connectivity index (χ1v) is 30.3. The number of aliphatic hydroxyl groups excluding tert-OH is 2. The van der Waals surface area contributed by atoms with Gasteiger partial charge in [-0.25, -0.2) is 8.42 Å². The van der Waals surface area contributed by atoms with Gasteiger partial charge in [0, 0.05) is 87.5 Å². The molecular formula is C56H73Cl2FKN11O15S2. The van der Waals surface area contributed by atoms with Gasteiger partial charge in [-0.3, -0.25) is 61.9 Å². The molecule has 1 unspecified atom stereocenters. The van der Waals surface area contributed by atoms with Crippen LogP contribution in [0.25, 0.3) is 0 Å². The molecule has 4 N–H and O–H groups in total. The van der Waals surface area contributed by atoms with E-state index >= 15 is 0 Å². The molecule has 1 fully saturated rings. The van der Waals surface area contributed by atoms with Gasteiger partial charge in [-0.1, -0.05) is 37.2 Å². The van der Waals surface area contributed by atoms with E-state index in [4.69, 9.17) is 68.9 Å². The van der Waals surface area contributed by atoms with Crippen molar-refractivity contribution in [2.75, 3.05) is 52.0 Å². The molecule has 4 aromatic heterocycles. The summed E-state index contributed by atoms with van der Waals surface area (Å²) in [5.41, 5.74) is 3.42. The Balaban J connectivity index is -0.000000525. The molecule has 0 spiro atoms. The van der Waals surface area contributed by atoms with Crippen LogP contribution in [0.4, 0.5) is 4.39 Å². The molecule has 1 aromatic carbocycles. The number of imide groups is 2. The number of aromatic amines is 1. The van der Waals surface area contributed by atoms with E-state index < -0.39 is 56.0 Å². The fourth-order valence-corrected chi connectivity index (χ4v) is 6.96. The van der Waals surface area contributed by atoms with Crippen molar-refractivity contribution >= 4 is 71.6 Å². The minimum Gasteiger partial charge on any atom is -0.662 e. The van der Waals surface area contributed by atoms with E-state index in [0.29, 0.717) is 44.2 Å². The van der Waals surface area contributed by atoms with Gasteiger partial charge in [-0.2, -0.15) is 34.1 Å². The third kappa shape index (κ3) is 41.4. The quantitative estimate of drug-likeness (QED) is 0.00765. The van der Waals surface area contributed by atoms with Crippen LogP contribution < -0.4 is 66.7 Å². The van der Waals surface area contributed by atoms with E-state index in [1.54, 1.807) is 75.6 Å². The van der Waals surface area contributed by atoms with Crippen LogP contribution in [0.2, 0.25) is 0 Å². The second-order valence-corrected chi connectivity index (χ2v) is 21.7. The topological polar surface area (TPSA) is 366 Å². The van der Waals surface area contributed by atoms with E-state index in [9.17, 15) is 40.4 Å². The number of alkyl halides is 2. The number of aliphatic hydroxyl groups is 2. The van der Waals surface area contributed by atoms with E-state index in [1.807, 2.05) is 6.20 Å². The molecule has 0 saturated carbocycles. The van der Waals surface area contributed by atoms with Crippen LogP contribution in [0, 0.1) is 60.7 Å². The average molecular weight is 1330 g/mol. The number of nitrogens with zero attached hydrogens (tertiary/aromatic N) is 9. The molecule has 32 heteroatoms. The third-order valence-corrected chi connectivity index (χ3v) is 10.9. The van der Waals surface area contributed by atoms with Crippen molar-refractivity contribution in [3.63, 3.8) is 0 Å². The van der Waals surface area contributed by atoms with Gasteiger partial charge in [0.2, 0.25) is 20.9 Å². The zero-order chi connectivity index (χ0) is 66.1. The molecule has 1 saturated heterocycles. The Labute approximate surface area is 567 Å². The Morgan fingerprint density at radius 1 is 0.807 bits per heavy atom. The molecule has 1 atom stereocenters. The minimum atomic E-state index is -3.32. The summed E-state index contributed by atoms with van der Waals surface area (Å²) in [7, 11) is -3.01. The van der Waals surface area contributed by atoms with Crippen LogP contribution in [-0.2, 0) is 62.3 Å². The normalized spacial score (nSPS) is 12.2. The molecule has 476 valence electrons. The summed E-state index contributed by atoms with van der Waals surface area (Å²) in [5, 5.41) is 53.1. The first kappa shape index (κ1) is 85.4. The summed E-state index contributed by atoms with van der Waals surface area (Å²) in [6, 6.07) is 5.55. The van der Waals surface area contributed by atoms with Crippen LogP contribution >= 0.6 is 22.3 Å². The fraction of sp³-hybridized carbons (Fsp3) is 0.429. The van der Waals surface area contributed by atoms with Crippen molar-refractivity contribution in [3.8, 4) is 61.2 Å². The van der Waals surface area contributed by atoms with Crippen molar-refractivity contribution < 1.29 is 127 Å². The molecule has 6 heterocycles. The third-order valence-electron chi connectivity index (χ3n) is 9.99. The van der Waals surface area contributed by atoms with Gasteiger partial charge in [0.05, 0.1) is 98.5 Å². The molecule has 2 aliphatic heterocycles. The standard InChI is InChI=1S/C22H20N4O5.C10H14N2O3S.C9H12N2O.C5H4N2.C4H9ClO.C2H3N.CH3ClO2S.CH3F.CH2O3.CH4.K/c1-2-14-12-23-25(13-14)10-3-4-11-31-17-7-5-6-15-19(17)22(30)26(21(15)29)16-8-9-18(27)24-20(16)28;1-3-10-8-11-12(9-10)6-4-5-7-15-16(2,13)14;1-2-9-7-10-11(8-9)5-3-4-6-12;1-2-5-3-6-7-4-5;5-3-1-2-4-6;1-2-3;1-5(2,3)4;1-2;2-1-4-3;;/h1,5-7,12-13,16H,3-4,8-11H2,(H,24,27,28);1,8-9H,4-7H2,2H3;1,7-8,12H,3-6H2;1,3-4H,(H,6,7);6H,1-4H2;1H3;1H3;1H3;1,3H;1H4;/q;;;;;;;;;;+1/p-1/i;;;;;;;1D;;;. The Morgan fingerprint density at radius 2 is 1.25 bits per heavy atom. The summed E-state index contributed by atoms with van der Waals surface area (Å²) in [5.74, 6) is 8.71.